The van der Waals surface area contributed by atoms with Gasteiger partial charge in [-0.05, 0) is 13.0 Å². The van der Waals surface area contributed by atoms with Gasteiger partial charge in [0.2, 0.25) is 0 Å². The summed E-state index contributed by atoms with van der Waals surface area (Å²) in [6.07, 6.45) is 3.89. The standard InChI is InChI=1S/C12H16N4O2S/c1-2-18-11(17)8-10-9-19-12(15-10)13-5-7-16-6-3-4-14-16/h3-4,6,9H,2,5,7-8H2,1H3,(H,13,15). The molecule has 0 amide bonds. The Kier molecular flexibility index (Phi) is 4.91. The molecule has 0 fully saturated rings. The average molecular weight is 280 g/mol. The lowest BCUT2D eigenvalue weighted by Gasteiger charge is -2.02. The first kappa shape index (κ1) is 13.5. The molecule has 102 valence electrons. The molecule has 2 aromatic rings. The molecule has 19 heavy (non-hydrogen) atoms. The lowest BCUT2D eigenvalue weighted by Crippen LogP contribution is -2.11. The summed E-state index contributed by atoms with van der Waals surface area (Å²) >= 11 is 1.49. The molecular formula is C12H16N4O2S. The second kappa shape index (κ2) is 6.89. The molecule has 1 N–H and O–H groups in total. The monoisotopic (exact) mass is 280 g/mol. The van der Waals surface area contributed by atoms with Crippen LogP contribution < -0.4 is 5.32 Å². The number of ether oxygens (including phenoxy) is 1. The van der Waals surface area contributed by atoms with E-state index in [-0.39, 0.29) is 12.4 Å². The van der Waals surface area contributed by atoms with Gasteiger partial charge in [0.05, 0.1) is 25.3 Å². The van der Waals surface area contributed by atoms with Crippen LogP contribution in [0.25, 0.3) is 0 Å². The Hall–Kier alpha value is -1.89. The minimum absolute atomic E-state index is 0.227. The van der Waals surface area contributed by atoms with Gasteiger partial charge in [0, 0.05) is 24.3 Å². The van der Waals surface area contributed by atoms with Crippen molar-refractivity contribution >= 4 is 22.4 Å². The number of thiazole rings is 1. The van der Waals surface area contributed by atoms with Crippen molar-refractivity contribution in [2.45, 2.75) is 19.9 Å². The maximum absolute atomic E-state index is 11.3. The zero-order valence-corrected chi connectivity index (χ0v) is 11.5. The summed E-state index contributed by atoms with van der Waals surface area (Å²) in [6.45, 7) is 3.72. The lowest BCUT2D eigenvalue weighted by atomic mass is 10.3. The number of nitrogens with zero attached hydrogens (tertiary/aromatic N) is 3. The molecule has 0 radical (unpaired) electrons. The normalized spacial score (nSPS) is 10.4. The molecule has 0 bridgehead atoms. The summed E-state index contributed by atoms with van der Waals surface area (Å²) in [6, 6.07) is 1.89. The topological polar surface area (TPSA) is 69.0 Å². The third-order valence-electron chi connectivity index (χ3n) is 2.36. The molecule has 0 unspecified atom stereocenters. The van der Waals surface area contributed by atoms with Crippen molar-refractivity contribution in [3.8, 4) is 0 Å². The molecule has 2 rings (SSSR count). The third kappa shape index (κ3) is 4.36. The van der Waals surface area contributed by atoms with Crippen molar-refractivity contribution in [3.63, 3.8) is 0 Å². The highest BCUT2D eigenvalue weighted by molar-refractivity contribution is 7.13. The van der Waals surface area contributed by atoms with Crippen LogP contribution in [-0.4, -0.2) is 33.9 Å². The second-order valence-corrected chi connectivity index (χ2v) is 4.68. The molecule has 0 aromatic carbocycles. The first-order valence-corrected chi connectivity index (χ1v) is 6.97. The lowest BCUT2D eigenvalue weighted by molar-refractivity contribution is -0.142. The number of carbonyl (C=O) groups excluding carboxylic acids is 1. The maximum atomic E-state index is 11.3. The number of rotatable bonds is 7. The van der Waals surface area contributed by atoms with Crippen LogP contribution in [0.15, 0.2) is 23.8 Å². The summed E-state index contributed by atoms with van der Waals surface area (Å²) in [5.74, 6) is -0.240. The van der Waals surface area contributed by atoms with Crippen LogP contribution >= 0.6 is 11.3 Å². The predicted octanol–water partition coefficient (Wildman–Crippen LogP) is 1.56. The van der Waals surface area contributed by atoms with E-state index >= 15 is 0 Å². The SMILES string of the molecule is CCOC(=O)Cc1csc(NCCn2cccn2)n1. The highest BCUT2D eigenvalue weighted by Gasteiger charge is 2.07. The Labute approximate surface area is 115 Å². The Balaban J connectivity index is 1.75. The Morgan fingerprint density at radius 1 is 1.58 bits per heavy atom. The first-order valence-electron chi connectivity index (χ1n) is 6.09. The van der Waals surface area contributed by atoms with Gasteiger partial charge in [0.1, 0.15) is 0 Å². The minimum atomic E-state index is -0.240. The van der Waals surface area contributed by atoms with Gasteiger partial charge in [-0.1, -0.05) is 0 Å². The zero-order valence-electron chi connectivity index (χ0n) is 10.7. The van der Waals surface area contributed by atoms with E-state index in [0.29, 0.717) is 6.61 Å². The van der Waals surface area contributed by atoms with Gasteiger partial charge < -0.3 is 10.1 Å². The Bertz CT molecular complexity index is 510. The fourth-order valence-corrected chi connectivity index (χ4v) is 2.28. The molecule has 0 atom stereocenters. The first-order chi connectivity index (χ1) is 9.28. The minimum Gasteiger partial charge on any atom is -0.466 e. The fourth-order valence-electron chi connectivity index (χ4n) is 1.54. The molecule has 2 aromatic heterocycles. The van der Waals surface area contributed by atoms with E-state index in [9.17, 15) is 4.79 Å². The van der Waals surface area contributed by atoms with Gasteiger partial charge in [0.25, 0.3) is 0 Å². The van der Waals surface area contributed by atoms with Crippen molar-refractivity contribution in [2.24, 2.45) is 0 Å². The van der Waals surface area contributed by atoms with Crippen molar-refractivity contribution in [1.82, 2.24) is 14.8 Å². The van der Waals surface area contributed by atoms with Gasteiger partial charge in [0.15, 0.2) is 5.13 Å². The van der Waals surface area contributed by atoms with Crippen LogP contribution in [0.4, 0.5) is 5.13 Å². The molecule has 2 heterocycles. The number of hydrogen-bond acceptors (Lipinski definition) is 6. The highest BCUT2D eigenvalue weighted by Crippen LogP contribution is 2.15. The van der Waals surface area contributed by atoms with E-state index in [0.717, 1.165) is 23.9 Å². The molecule has 0 saturated heterocycles. The van der Waals surface area contributed by atoms with E-state index in [1.807, 2.05) is 22.3 Å². The van der Waals surface area contributed by atoms with Crippen LogP contribution in [-0.2, 0) is 22.5 Å². The van der Waals surface area contributed by atoms with Crippen LogP contribution in [0, 0.1) is 0 Å². The van der Waals surface area contributed by atoms with E-state index in [1.54, 1.807) is 13.1 Å². The second-order valence-electron chi connectivity index (χ2n) is 3.82. The summed E-state index contributed by atoms with van der Waals surface area (Å²) in [5.41, 5.74) is 0.741. The summed E-state index contributed by atoms with van der Waals surface area (Å²) in [7, 11) is 0. The van der Waals surface area contributed by atoms with Gasteiger partial charge in [-0.15, -0.1) is 11.3 Å². The molecule has 6 nitrogen and oxygen atoms in total. The van der Waals surface area contributed by atoms with Crippen molar-refractivity contribution in [1.29, 1.82) is 0 Å². The predicted molar refractivity (Wildman–Crippen MR) is 73.2 cm³/mol. The summed E-state index contributed by atoms with van der Waals surface area (Å²) < 4.78 is 6.73. The van der Waals surface area contributed by atoms with Crippen LogP contribution in [0.5, 0.6) is 0 Å². The smallest absolute Gasteiger partial charge is 0.311 e. The van der Waals surface area contributed by atoms with Crippen LogP contribution in [0.3, 0.4) is 0 Å². The van der Waals surface area contributed by atoms with Crippen molar-refractivity contribution in [3.05, 3.63) is 29.5 Å². The number of anilines is 1. The fraction of sp³-hybridized carbons (Fsp3) is 0.417. The maximum Gasteiger partial charge on any atom is 0.311 e. The largest absolute Gasteiger partial charge is 0.466 e. The van der Waals surface area contributed by atoms with Crippen molar-refractivity contribution in [2.75, 3.05) is 18.5 Å². The molecule has 0 aliphatic rings. The quantitative estimate of drug-likeness (QED) is 0.779. The molecule has 0 spiro atoms. The van der Waals surface area contributed by atoms with E-state index in [4.69, 9.17) is 4.74 Å². The summed E-state index contributed by atoms with van der Waals surface area (Å²) in [4.78, 5) is 15.6. The van der Waals surface area contributed by atoms with Crippen LogP contribution in [0.2, 0.25) is 0 Å². The molecule has 0 saturated carbocycles. The van der Waals surface area contributed by atoms with E-state index in [1.165, 1.54) is 11.3 Å². The van der Waals surface area contributed by atoms with Crippen molar-refractivity contribution < 1.29 is 9.53 Å². The molecular weight excluding hydrogens is 264 g/mol. The van der Waals surface area contributed by atoms with Gasteiger partial charge >= 0.3 is 5.97 Å². The van der Waals surface area contributed by atoms with E-state index in [2.05, 4.69) is 15.4 Å². The van der Waals surface area contributed by atoms with Gasteiger partial charge in [-0.2, -0.15) is 5.10 Å². The van der Waals surface area contributed by atoms with Gasteiger partial charge in [-0.25, -0.2) is 4.98 Å². The molecule has 0 aliphatic carbocycles. The molecule has 7 heteroatoms. The third-order valence-corrected chi connectivity index (χ3v) is 3.21. The number of esters is 1. The number of nitrogens with one attached hydrogen (secondary N) is 1. The van der Waals surface area contributed by atoms with Crippen LogP contribution in [0.1, 0.15) is 12.6 Å². The van der Waals surface area contributed by atoms with E-state index < -0.39 is 0 Å². The number of carbonyl (C=O) groups is 1. The van der Waals surface area contributed by atoms with Gasteiger partial charge in [-0.3, -0.25) is 9.48 Å². The Morgan fingerprint density at radius 2 is 2.47 bits per heavy atom. The molecule has 0 aliphatic heterocycles. The number of hydrogen-bond donors (Lipinski definition) is 1. The highest BCUT2D eigenvalue weighted by atomic mass is 32.1. The zero-order chi connectivity index (χ0) is 13.5. The summed E-state index contributed by atoms with van der Waals surface area (Å²) in [5, 5.41) is 9.99. The number of aromatic nitrogens is 3. The average Bonchev–Trinajstić information content (AvgIpc) is 3.01. The Morgan fingerprint density at radius 3 is 3.21 bits per heavy atom.